The molecule has 1 N–H and O–H groups in total. The number of aliphatic hydroxyl groups excluding tert-OH is 1. The summed E-state index contributed by atoms with van der Waals surface area (Å²) in [4.78, 5) is 53.4. The van der Waals surface area contributed by atoms with Gasteiger partial charge in [-0.1, -0.05) is 54.6 Å². The van der Waals surface area contributed by atoms with E-state index in [0.29, 0.717) is 5.56 Å². The molecule has 0 aliphatic heterocycles. The molecule has 0 bridgehead atoms. The summed E-state index contributed by atoms with van der Waals surface area (Å²) < 4.78 is 0. The lowest BCUT2D eigenvalue weighted by atomic mass is 10.0. The number of aliphatic hydroxyl groups is 1. The second-order valence-corrected chi connectivity index (χ2v) is 8.65. The molecule has 2 aromatic rings. The number of rotatable bonds is 9. The largest absolute Gasteiger partial charge is 0.386 e. The van der Waals surface area contributed by atoms with E-state index in [0.717, 1.165) is 0 Å². The fourth-order valence-corrected chi connectivity index (χ4v) is 3.69. The molecule has 0 fully saturated rings. The second-order valence-electron chi connectivity index (χ2n) is 8.65. The van der Waals surface area contributed by atoms with E-state index in [1.165, 1.54) is 41.1 Å². The lowest BCUT2D eigenvalue weighted by Gasteiger charge is -2.30. The van der Waals surface area contributed by atoms with Gasteiger partial charge in [0.05, 0.1) is 12.1 Å². The third kappa shape index (κ3) is 5.93. The number of Topliss-reactive ketones (excluding diaryl/α,β-unsaturated/α-hetero) is 2. The fraction of sp³-hybridized carbons (Fsp3) is 0.385. The monoisotopic (exact) mass is 452 g/mol. The number of nitrogens with zero attached hydrogens (tertiary/aromatic N) is 2. The molecule has 0 saturated carbocycles. The van der Waals surface area contributed by atoms with Crippen LogP contribution in [0.15, 0.2) is 54.6 Å². The Morgan fingerprint density at radius 1 is 0.697 bits per heavy atom. The van der Waals surface area contributed by atoms with Crippen LogP contribution in [-0.2, 0) is 9.59 Å². The van der Waals surface area contributed by atoms with Crippen LogP contribution in [0.2, 0.25) is 0 Å². The van der Waals surface area contributed by atoms with Crippen molar-refractivity contribution < 1.29 is 24.3 Å². The first-order chi connectivity index (χ1) is 15.5. The van der Waals surface area contributed by atoms with Gasteiger partial charge in [-0.3, -0.25) is 19.2 Å². The van der Waals surface area contributed by atoms with Gasteiger partial charge in [0.25, 0.3) is 11.8 Å². The molecule has 0 unspecified atom stereocenters. The quantitative estimate of drug-likeness (QED) is 0.465. The van der Waals surface area contributed by atoms with E-state index in [1.54, 1.807) is 31.2 Å². The van der Waals surface area contributed by atoms with Crippen LogP contribution in [0.1, 0.15) is 67.0 Å². The molecule has 0 heterocycles. The molecule has 0 spiro atoms. The molecule has 176 valence electrons. The van der Waals surface area contributed by atoms with Crippen molar-refractivity contribution in [1.82, 2.24) is 9.80 Å². The van der Waals surface area contributed by atoms with Gasteiger partial charge in [-0.25, -0.2) is 0 Å². The molecule has 2 aromatic carbocycles. The molecule has 7 nitrogen and oxygen atoms in total. The van der Waals surface area contributed by atoms with E-state index in [2.05, 4.69) is 0 Å². The minimum atomic E-state index is -0.955. The minimum Gasteiger partial charge on any atom is -0.386 e. The molecule has 7 heteroatoms. The van der Waals surface area contributed by atoms with Gasteiger partial charge in [-0.05, 0) is 40.2 Å². The molecule has 0 aliphatic carbocycles. The summed E-state index contributed by atoms with van der Waals surface area (Å²) in [7, 11) is 1.46. The number of carbonyl (C=O) groups excluding carboxylic acids is 4. The van der Waals surface area contributed by atoms with Gasteiger partial charge in [0.2, 0.25) is 11.6 Å². The second kappa shape index (κ2) is 11.0. The molecular weight excluding hydrogens is 420 g/mol. The van der Waals surface area contributed by atoms with Gasteiger partial charge in [0, 0.05) is 30.3 Å². The Hall–Kier alpha value is -3.32. The Bertz CT molecular complexity index is 991. The van der Waals surface area contributed by atoms with Crippen LogP contribution in [0.4, 0.5) is 0 Å². The fourth-order valence-electron chi connectivity index (χ4n) is 3.69. The van der Waals surface area contributed by atoms with Crippen LogP contribution in [-0.4, -0.2) is 63.5 Å². The van der Waals surface area contributed by atoms with Crippen molar-refractivity contribution >= 4 is 23.4 Å². The highest BCUT2D eigenvalue weighted by molar-refractivity contribution is 6.44. The van der Waals surface area contributed by atoms with Crippen LogP contribution in [0, 0.1) is 0 Å². The zero-order valence-electron chi connectivity index (χ0n) is 20.0. The molecule has 0 radical (unpaired) electrons. The summed E-state index contributed by atoms with van der Waals surface area (Å²) in [6.45, 7) is 9.01. The lowest BCUT2D eigenvalue weighted by Crippen LogP contribution is -2.45. The van der Waals surface area contributed by atoms with Crippen molar-refractivity contribution in [2.45, 2.75) is 58.8 Å². The molecule has 33 heavy (non-hydrogen) atoms. The molecule has 0 aliphatic rings. The van der Waals surface area contributed by atoms with Crippen molar-refractivity contribution in [3.8, 4) is 0 Å². The highest BCUT2D eigenvalue weighted by atomic mass is 16.3. The summed E-state index contributed by atoms with van der Waals surface area (Å²) in [6, 6.07) is 13.5. The van der Waals surface area contributed by atoms with Gasteiger partial charge in [0.1, 0.15) is 0 Å². The van der Waals surface area contributed by atoms with Crippen LogP contribution in [0.25, 0.3) is 0 Å². The Kier molecular flexibility index (Phi) is 8.65. The first-order valence-corrected chi connectivity index (χ1v) is 11.0. The van der Waals surface area contributed by atoms with E-state index in [9.17, 15) is 24.3 Å². The Labute approximate surface area is 195 Å². The first-order valence-electron chi connectivity index (χ1n) is 11.0. The zero-order valence-corrected chi connectivity index (χ0v) is 20.0. The minimum absolute atomic E-state index is 0.0989. The van der Waals surface area contributed by atoms with Crippen molar-refractivity contribution in [2.24, 2.45) is 0 Å². The number of amides is 2. The van der Waals surface area contributed by atoms with Gasteiger partial charge in [-0.2, -0.15) is 0 Å². The average molecular weight is 453 g/mol. The molecule has 2 rings (SSSR count). The molecule has 2 amide bonds. The summed E-state index contributed by atoms with van der Waals surface area (Å²) >= 11 is 0. The highest BCUT2D eigenvalue weighted by Crippen LogP contribution is 2.21. The third-order valence-corrected chi connectivity index (χ3v) is 5.67. The first kappa shape index (κ1) is 25.9. The number of carbonyl (C=O) groups is 4. The maximum absolute atomic E-state index is 12.7. The maximum atomic E-state index is 12.7. The van der Waals surface area contributed by atoms with Crippen molar-refractivity contribution in [1.29, 1.82) is 0 Å². The van der Waals surface area contributed by atoms with E-state index < -0.39 is 35.5 Å². The number of hydrogen-bond acceptors (Lipinski definition) is 5. The predicted octanol–water partition coefficient (Wildman–Crippen LogP) is 3.28. The predicted molar refractivity (Wildman–Crippen MR) is 126 cm³/mol. The van der Waals surface area contributed by atoms with E-state index in [-0.39, 0.29) is 23.2 Å². The third-order valence-electron chi connectivity index (χ3n) is 5.67. The number of benzene rings is 2. The van der Waals surface area contributed by atoms with Crippen molar-refractivity contribution in [3.05, 3.63) is 71.3 Å². The Balaban J connectivity index is 2.13. The van der Waals surface area contributed by atoms with Crippen LogP contribution >= 0.6 is 0 Å². The summed E-state index contributed by atoms with van der Waals surface area (Å²) in [5.41, 5.74) is 0.889. The smallest absolute Gasteiger partial charge is 0.295 e. The van der Waals surface area contributed by atoms with Gasteiger partial charge in [0.15, 0.2) is 0 Å². The van der Waals surface area contributed by atoms with Crippen molar-refractivity contribution in [2.75, 3.05) is 7.05 Å². The average Bonchev–Trinajstić information content (AvgIpc) is 2.81. The summed E-state index contributed by atoms with van der Waals surface area (Å²) in [5.74, 6) is -2.82. The Morgan fingerprint density at radius 3 is 1.55 bits per heavy atom. The Morgan fingerprint density at radius 2 is 1.12 bits per heavy atom. The van der Waals surface area contributed by atoms with Crippen molar-refractivity contribution in [3.63, 3.8) is 0 Å². The normalized spacial score (nSPS) is 12.9. The maximum Gasteiger partial charge on any atom is 0.295 e. The van der Waals surface area contributed by atoms with Crippen LogP contribution in [0.5, 0.6) is 0 Å². The molecule has 2 atom stereocenters. The molecule has 0 saturated heterocycles. The highest BCUT2D eigenvalue weighted by Gasteiger charge is 2.30. The van der Waals surface area contributed by atoms with E-state index >= 15 is 0 Å². The van der Waals surface area contributed by atoms with Gasteiger partial charge < -0.3 is 14.9 Å². The standard InChI is InChI=1S/C26H32N2O5/c1-16(2)28(17(3)4)26(33)24(31)21-14-12-20(13-15-21)23(30)25(32)27(6)18(5)22(29)19-10-8-7-9-11-19/h7-18,22,29H,1-6H3/t18-,22-/m1/s1. The lowest BCUT2D eigenvalue weighted by molar-refractivity contribution is -0.130. The topological polar surface area (TPSA) is 95.0 Å². The number of hydrogen-bond donors (Lipinski definition) is 1. The van der Waals surface area contributed by atoms with Gasteiger partial charge >= 0.3 is 0 Å². The molecular formula is C26H32N2O5. The van der Waals surface area contributed by atoms with Crippen LogP contribution < -0.4 is 0 Å². The SMILES string of the molecule is CC(C)N(C(=O)C(=O)c1ccc(C(=O)C(=O)N(C)[C@H](C)[C@@H](O)c2ccccc2)cc1)C(C)C. The number of likely N-dealkylation sites (N-methyl/N-ethyl adjacent to an activating group) is 1. The van der Waals surface area contributed by atoms with E-state index in [4.69, 9.17) is 0 Å². The van der Waals surface area contributed by atoms with Gasteiger partial charge in [-0.15, -0.1) is 0 Å². The summed E-state index contributed by atoms with van der Waals surface area (Å²) in [5, 5.41) is 10.6. The number of ketones is 2. The molecule has 0 aromatic heterocycles. The zero-order chi connectivity index (χ0) is 24.9. The summed E-state index contributed by atoms with van der Waals surface area (Å²) in [6.07, 6.45) is -0.955. The van der Waals surface area contributed by atoms with Crippen LogP contribution in [0.3, 0.4) is 0 Å². The van der Waals surface area contributed by atoms with E-state index in [1.807, 2.05) is 33.8 Å².